The van der Waals surface area contributed by atoms with Gasteiger partial charge in [-0.2, -0.15) is 0 Å². The Morgan fingerprint density at radius 3 is 2.62 bits per heavy atom. The molecule has 1 atom stereocenters. The van der Waals surface area contributed by atoms with Gasteiger partial charge in [-0.1, -0.05) is 18.2 Å². The van der Waals surface area contributed by atoms with E-state index >= 15 is 0 Å². The number of rotatable bonds is 5. The molecule has 1 aromatic rings. The van der Waals surface area contributed by atoms with E-state index in [9.17, 15) is 8.42 Å². The first-order chi connectivity index (χ1) is 7.47. The quantitative estimate of drug-likeness (QED) is 0.741. The number of nitrogens with two attached hydrogens (primary N) is 1. The minimum atomic E-state index is -3.48. The van der Waals surface area contributed by atoms with Crippen molar-refractivity contribution in [1.82, 2.24) is 4.72 Å². The summed E-state index contributed by atoms with van der Waals surface area (Å²) < 4.78 is 26.2. The van der Waals surface area contributed by atoms with Crippen LogP contribution in [0.25, 0.3) is 0 Å². The maximum absolute atomic E-state index is 11.9. The summed E-state index contributed by atoms with van der Waals surface area (Å²) in [5.74, 6) is 4.94. The zero-order valence-electron chi connectivity index (χ0n) is 9.30. The van der Waals surface area contributed by atoms with Crippen LogP contribution in [0.2, 0.25) is 0 Å². The first kappa shape index (κ1) is 13.1. The van der Waals surface area contributed by atoms with Gasteiger partial charge in [0.2, 0.25) is 10.0 Å². The molecule has 0 amide bonds. The number of aryl methyl sites for hydroxylation is 1. The van der Waals surface area contributed by atoms with E-state index in [2.05, 4.69) is 9.56 Å². The second-order valence-corrected chi connectivity index (χ2v) is 5.30. The molecule has 0 spiro atoms. The number of hydrogen-bond acceptors (Lipinski definition) is 4. The Labute approximate surface area is 95.6 Å². The summed E-state index contributed by atoms with van der Waals surface area (Å²) in [6.07, 6.45) is -0.362. The van der Waals surface area contributed by atoms with E-state index in [1.165, 1.54) is 0 Å². The van der Waals surface area contributed by atoms with Gasteiger partial charge in [0.1, 0.15) is 0 Å². The van der Waals surface area contributed by atoms with Crippen LogP contribution >= 0.6 is 0 Å². The van der Waals surface area contributed by atoms with E-state index in [1.54, 1.807) is 38.1 Å². The molecular formula is C10H16N2O3S. The molecule has 90 valence electrons. The van der Waals surface area contributed by atoms with Gasteiger partial charge < -0.3 is 4.84 Å². The van der Waals surface area contributed by atoms with Crippen molar-refractivity contribution in [3.05, 3.63) is 29.8 Å². The van der Waals surface area contributed by atoms with Crippen LogP contribution in [0.15, 0.2) is 29.2 Å². The largest absolute Gasteiger partial charge is 0.300 e. The fourth-order valence-electron chi connectivity index (χ4n) is 1.21. The van der Waals surface area contributed by atoms with E-state index in [1.807, 2.05) is 0 Å². The Bertz CT molecular complexity index is 445. The van der Waals surface area contributed by atoms with E-state index in [0.29, 0.717) is 5.56 Å². The molecule has 0 heterocycles. The lowest BCUT2D eigenvalue weighted by Gasteiger charge is -2.12. The summed E-state index contributed by atoms with van der Waals surface area (Å²) in [5, 5.41) is 0. The molecule has 0 aliphatic rings. The molecule has 0 aliphatic carbocycles. The zero-order chi connectivity index (χ0) is 12.2. The molecule has 5 nitrogen and oxygen atoms in total. The second-order valence-electron chi connectivity index (χ2n) is 3.56. The van der Waals surface area contributed by atoms with Gasteiger partial charge in [-0.3, -0.25) is 0 Å². The summed E-state index contributed by atoms with van der Waals surface area (Å²) in [4.78, 5) is 4.76. The van der Waals surface area contributed by atoms with Crippen LogP contribution < -0.4 is 10.6 Å². The molecule has 0 radical (unpaired) electrons. The highest BCUT2D eigenvalue weighted by molar-refractivity contribution is 7.89. The van der Waals surface area contributed by atoms with Gasteiger partial charge in [0.05, 0.1) is 11.0 Å². The summed E-state index contributed by atoms with van der Waals surface area (Å²) in [6.45, 7) is 3.57. The van der Waals surface area contributed by atoms with Crippen molar-refractivity contribution in [2.75, 3.05) is 6.54 Å². The van der Waals surface area contributed by atoms with Crippen LogP contribution in [-0.2, 0) is 14.9 Å². The highest BCUT2D eigenvalue weighted by Crippen LogP contribution is 2.13. The van der Waals surface area contributed by atoms with Crippen LogP contribution in [0.5, 0.6) is 0 Å². The van der Waals surface area contributed by atoms with Gasteiger partial charge in [0.25, 0.3) is 0 Å². The molecular weight excluding hydrogens is 228 g/mol. The minimum absolute atomic E-state index is 0.146. The normalized spacial score (nSPS) is 13.7. The highest BCUT2D eigenvalue weighted by Gasteiger charge is 2.16. The molecule has 0 fully saturated rings. The molecule has 1 rings (SSSR count). The van der Waals surface area contributed by atoms with Crippen molar-refractivity contribution in [2.45, 2.75) is 24.8 Å². The van der Waals surface area contributed by atoms with E-state index in [0.717, 1.165) is 0 Å². The van der Waals surface area contributed by atoms with E-state index in [4.69, 9.17) is 5.90 Å². The average molecular weight is 244 g/mol. The van der Waals surface area contributed by atoms with Gasteiger partial charge in [-0.25, -0.2) is 19.0 Å². The number of sulfonamides is 1. The standard InChI is InChI=1S/C10H16N2O3S/c1-8-5-3-4-6-10(8)16(13,14)12-7-9(2)15-11/h3-6,9,12H,7,11H2,1-2H3. The third kappa shape index (κ3) is 3.28. The molecule has 6 heteroatoms. The van der Waals surface area contributed by atoms with Gasteiger partial charge in [0, 0.05) is 6.54 Å². The molecule has 16 heavy (non-hydrogen) atoms. The zero-order valence-corrected chi connectivity index (χ0v) is 10.1. The third-order valence-corrected chi connectivity index (χ3v) is 3.76. The summed E-state index contributed by atoms with van der Waals surface area (Å²) >= 11 is 0. The maximum Gasteiger partial charge on any atom is 0.240 e. The maximum atomic E-state index is 11.9. The van der Waals surface area contributed by atoms with Gasteiger partial charge in [-0.15, -0.1) is 0 Å². The van der Waals surface area contributed by atoms with Crippen LogP contribution in [0, 0.1) is 6.92 Å². The Kier molecular flexibility index (Phi) is 4.43. The molecule has 0 saturated heterocycles. The Morgan fingerprint density at radius 1 is 1.44 bits per heavy atom. The second kappa shape index (κ2) is 5.40. The molecule has 1 aromatic carbocycles. The molecule has 0 saturated carbocycles. The molecule has 0 aliphatic heterocycles. The molecule has 3 N–H and O–H groups in total. The van der Waals surface area contributed by atoms with Gasteiger partial charge >= 0.3 is 0 Å². The van der Waals surface area contributed by atoms with Crippen molar-refractivity contribution < 1.29 is 13.3 Å². The summed E-state index contributed by atoms with van der Waals surface area (Å²) in [6, 6.07) is 6.79. The fraction of sp³-hybridized carbons (Fsp3) is 0.400. The van der Waals surface area contributed by atoms with E-state index < -0.39 is 10.0 Å². The number of nitrogens with one attached hydrogen (secondary N) is 1. The fourth-order valence-corrected chi connectivity index (χ4v) is 2.57. The predicted molar refractivity (Wildman–Crippen MR) is 61.1 cm³/mol. The van der Waals surface area contributed by atoms with E-state index in [-0.39, 0.29) is 17.5 Å². The lowest BCUT2D eigenvalue weighted by molar-refractivity contribution is 0.0702. The average Bonchev–Trinajstić information content (AvgIpc) is 2.26. The minimum Gasteiger partial charge on any atom is -0.300 e. The highest BCUT2D eigenvalue weighted by atomic mass is 32.2. The number of benzene rings is 1. The van der Waals surface area contributed by atoms with Crippen LogP contribution in [0.3, 0.4) is 0 Å². The van der Waals surface area contributed by atoms with Crippen molar-refractivity contribution in [1.29, 1.82) is 0 Å². The lowest BCUT2D eigenvalue weighted by Crippen LogP contribution is -2.33. The van der Waals surface area contributed by atoms with Crippen LogP contribution in [0.1, 0.15) is 12.5 Å². The molecule has 0 aromatic heterocycles. The summed E-state index contributed by atoms with van der Waals surface area (Å²) in [7, 11) is -3.48. The SMILES string of the molecule is Cc1ccccc1S(=O)(=O)NCC(C)ON. The van der Waals surface area contributed by atoms with Gasteiger partial charge in [-0.05, 0) is 25.5 Å². The smallest absolute Gasteiger partial charge is 0.240 e. The predicted octanol–water partition coefficient (Wildman–Crippen LogP) is 0.552. The topological polar surface area (TPSA) is 81.4 Å². The lowest BCUT2D eigenvalue weighted by atomic mass is 10.2. The number of hydrogen-bond donors (Lipinski definition) is 2. The van der Waals surface area contributed by atoms with Crippen molar-refractivity contribution in [2.24, 2.45) is 5.90 Å². The van der Waals surface area contributed by atoms with Crippen LogP contribution in [-0.4, -0.2) is 21.1 Å². The van der Waals surface area contributed by atoms with Crippen molar-refractivity contribution in [3.63, 3.8) is 0 Å². The van der Waals surface area contributed by atoms with Gasteiger partial charge in [0.15, 0.2) is 0 Å². The molecule has 0 bridgehead atoms. The van der Waals surface area contributed by atoms with Crippen molar-refractivity contribution >= 4 is 10.0 Å². The monoisotopic (exact) mass is 244 g/mol. The Morgan fingerprint density at radius 2 is 2.06 bits per heavy atom. The van der Waals surface area contributed by atoms with Crippen molar-refractivity contribution in [3.8, 4) is 0 Å². The Balaban J connectivity index is 2.83. The summed E-state index contributed by atoms with van der Waals surface area (Å²) in [5.41, 5.74) is 0.705. The first-order valence-electron chi connectivity index (χ1n) is 4.88. The third-order valence-electron chi connectivity index (χ3n) is 2.18. The Hall–Kier alpha value is -0.950. The first-order valence-corrected chi connectivity index (χ1v) is 6.36. The van der Waals surface area contributed by atoms with Crippen LogP contribution in [0.4, 0.5) is 0 Å². The molecule has 1 unspecified atom stereocenters.